The van der Waals surface area contributed by atoms with Gasteiger partial charge in [-0.2, -0.15) is 5.26 Å². The number of benzene rings is 1. The lowest BCUT2D eigenvalue weighted by Gasteiger charge is -2.24. The number of nitriles is 1. The molecule has 27 heavy (non-hydrogen) atoms. The van der Waals surface area contributed by atoms with Gasteiger partial charge in [0.05, 0.1) is 17.2 Å². The van der Waals surface area contributed by atoms with Crippen LogP contribution < -0.4 is 15.8 Å². The first-order valence-electron chi connectivity index (χ1n) is 8.93. The van der Waals surface area contributed by atoms with E-state index in [9.17, 15) is 19.2 Å². The summed E-state index contributed by atoms with van der Waals surface area (Å²) in [6.07, 6.45) is 1.23. The summed E-state index contributed by atoms with van der Waals surface area (Å²) in [5.41, 5.74) is 1.39. The highest BCUT2D eigenvalue weighted by Crippen LogP contribution is 2.39. The first-order valence-corrected chi connectivity index (χ1v) is 8.93. The Morgan fingerprint density at radius 2 is 2.11 bits per heavy atom. The Morgan fingerprint density at radius 3 is 2.74 bits per heavy atom. The zero-order chi connectivity index (χ0) is 19.3. The molecule has 0 spiro atoms. The van der Waals surface area contributed by atoms with E-state index in [1.54, 1.807) is 11.5 Å². The fourth-order valence-electron chi connectivity index (χ4n) is 4.06. The Balaban J connectivity index is 1.86. The Morgan fingerprint density at radius 1 is 1.37 bits per heavy atom. The summed E-state index contributed by atoms with van der Waals surface area (Å²) >= 11 is 0. The molecular weight excluding hydrogens is 351 g/mol. The highest BCUT2D eigenvalue weighted by Gasteiger charge is 2.31. The van der Waals surface area contributed by atoms with Crippen molar-refractivity contribution < 1.29 is 14.3 Å². The molecule has 7 nitrogen and oxygen atoms in total. The van der Waals surface area contributed by atoms with E-state index in [0.717, 1.165) is 12.8 Å². The van der Waals surface area contributed by atoms with E-state index in [0.29, 0.717) is 41.7 Å². The molecule has 0 radical (unpaired) electrons. The molecule has 0 bridgehead atoms. The monoisotopic (exact) mass is 370 g/mol. The molecule has 2 N–H and O–H groups in total. The van der Waals surface area contributed by atoms with Gasteiger partial charge in [-0.05, 0) is 43.9 Å². The Labute approximate surface area is 154 Å². The van der Waals surface area contributed by atoms with Crippen LogP contribution in [-0.4, -0.2) is 34.9 Å². The largest absolute Gasteiger partial charge is 0.465 e. The molecule has 1 aliphatic heterocycles. The Bertz CT molecular complexity index is 1050. The molecule has 1 amide bonds. The summed E-state index contributed by atoms with van der Waals surface area (Å²) < 4.78 is 16.6. The zero-order valence-corrected chi connectivity index (χ0v) is 14.8. The molecule has 2 aliphatic rings. The van der Waals surface area contributed by atoms with Gasteiger partial charge >= 0.3 is 6.09 Å². The van der Waals surface area contributed by atoms with Crippen molar-refractivity contribution in [2.75, 3.05) is 18.0 Å². The number of aryl methyl sites for hydroxylation is 1. The molecule has 1 aromatic carbocycles. The first kappa shape index (κ1) is 17.3. The predicted molar refractivity (Wildman–Crippen MR) is 97.7 cm³/mol. The molecule has 1 atom stereocenters. The molecule has 1 aromatic heterocycles. The van der Waals surface area contributed by atoms with Crippen LogP contribution >= 0.6 is 0 Å². The van der Waals surface area contributed by atoms with Crippen molar-refractivity contribution >= 4 is 22.7 Å². The second-order valence-corrected chi connectivity index (χ2v) is 7.23. The molecule has 8 heteroatoms. The van der Waals surface area contributed by atoms with Crippen molar-refractivity contribution in [1.82, 2.24) is 9.88 Å². The van der Waals surface area contributed by atoms with E-state index in [1.807, 2.05) is 11.0 Å². The average molecular weight is 370 g/mol. The normalized spacial score (nSPS) is 19.3. The fraction of sp³-hybridized carbons (Fsp3) is 0.421. The van der Waals surface area contributed by atoms with E-state index in [1.165, 1.54) is 12.1 Å². The van der Waals surface area contributed by atoms with Crippen molar-refractivity contribution in [3.63, 3.8) is 0 Å². The van der Waals surface area contributed by atoms with Crippen LogP contribution in [0.15, 0.2) is 16.9 Å². The topological polar surface area (TPSA) is 98.4 Å². The van der Waals surface area contributed by atoms with Gasteiger partial charge in [0.2, 0.25) is 0 Å². The van der Waals surface area contributed by atoms with Crippen molar-refractivity contribution in [3.8, 4) is 6.07 Å². The van der Waals surface area contributed by atoms with Gasteiger partial charge in [-0.25, -0.2) is 9.18 Å². The van der Waals surface area contributed by atoms with Crippen LogP contribution in [-0.2, 0) is 0 Å². The van der Waals surface area contributed by atoms with Crippen molar-refractivity contribution in [2.24, 2.45) is 0 Å². The third kappa shape index (κ3) is 2.89. The van der Waals surface area contributed by atoms with Crippen LogP contribution in [0, 0.1) is 24.1 Å². The number of nitrogens with one attached hydrogen (secondary N) is 1. The van der Waals surface area contributed by atoms with E-state index in [-0.39, 0.29) is 23.2 Å². The lowest BCUT2D eigenvalue weighted by molar-refractivity contribution is 0.191. The van der Waals surface area contributed by atoms with Gasteiger partial charge in [-0.1, -0.05) is 0 Å². The smallest absolute Gasteiger partial charge is 0.404 e. The lowest BCUT2D eigenvalue weighted by Crippen LogP contribution is -2.36. The number of halogens is 1. The molecule has 1 saturated heterocycles. The molecule has 1 unspecified atom stereocenters. The number of carboxylic acid groups (broad SMARTS) is 1. The third-order valence-corrected chi connectivity index (χ3v) is 5.35. The number of hydrogen-bond donors (Lipinski definition) is 2. The fourth-order valence-corrected chi connectivity index (χ4v) is 4.06. The number of hydrogen-bond acceptors (Lipinski definition) is 4. The number of nitrogens with zero attached hydrogens (tertiary/aromatic N) is 3. The van der Waals surface area contributed by atoms with Crippen molar-refractivity contribution in [1.29, 1.82) is 5.26 Å². The summed E-state index contributed by atoms with van der Waals surface area (Å²) in [5.74, 6) is -0.430. The van der Waals surface area contributed by atoms with E-state index in [2.05, 4.69) is 5.32 Å². The maximum atomic E-state index is 15.0. The Hall–Kier alpha value is -3.08. The molecule has 2 heterocycles. The van der Waals surface area contributed by atoms with E-state index >= 15 is 0 Å². The first-order chi connectivity index (χ1) is 12.9. The van der Waals surface area contributed by atoms with Gasteiger partial charge < -0.3 is 19.9 Å². The van der Waals surface area contributed by atoms with Gasteiger partial charge in [0, 0.05) is 24.5 Å². The summed E-state index contributed by atoms with van der Waals surface area (Å²) in [6, 6.07) is 4.52. The van der Waals surface area contributed by atoms with Gasteiger partial charge in [0.1, 0.15) is 17.4 Å². The summed E-state index contributed by atoms with van der Waals surface area (Å²) in [5, 5.41) is 21.1. The quantitative estimate of drug-likeness (QED) is 0.865. The number of amides is 1. The minimum atomic E-state index is -1.09. The van der Waals surface area contributed by atoms with Crippen molar-refractivity contribution in [2.45, 2.75) is 38.3 Å². The number of carbonyl (C=O) groups is 1. The molecule has 1 saturated carbocycles. The maximum absolute atomic E-state index is 15.0. The second-order valence-electron chi connectivity index (χ2n) is 7.23. The van der Waals surface area contributed by atoms with Crippen LogP contribution in [0.2, 0.25) is 0 Å². The van der Waals surface area contributed by atoms with E-state index in [4.69, 9.17) is 5.11 Å². The minimum Gasteiger partial charge on any atom is -0.465 e. The van der Waals surface area contributed by atoms with E-state index < -0.39 is 11.9 Å². The molecule has 2 fully saturated rings. The van der Waals surface area contributed by atoms with Gasteiger partial charge in [-0.15, -0.1) is 0 Å². The third-order valence-electron chi connectivity index (χ3n) is 5.35. The number of rotatable bonds is 3. The van der Waals surface area contributed by atoms with Crippen LogP contribution in [0.5, 0.6) is 0 Å². The second kappa shape index (κ2) is 6.27. The average Bonchev–Trinajstić information content (AvgIpc) is 3.35. The number of aromatic nitrogens is 1. The number of pyridine rings is 1. The van der Waals surface area contributed by atoms with Crippen LogP contribution in [0.4, 0.5) is 14.9 Å². The number of anilines is 1. The maximum Gasteiger partial charge on any atom is 0.404 e. The lowest BCUT2D eigenvalue weighted by atomic mass is 10.0. The van der Waals surface area contributed by atoms with Crippen molar-refractivity contribution in [3.05, 3.63) is 39.4 Å². The highest BCUT2D eigenvalue weighted by atomic mass is 19.1. The van der Waals surface area contributed by atoms with Gasteiger partial charge in [0.25, 0.3) is 5.56 Å². The summed E-state index contributed by atoms with van der Waals surface area (Å²) in [7, 11) is 0. The van der Waals surface area contributed by atoms with Gasteiger partial charge in [-0.3, -0.25) is 4.79 Å². The summed E-state index contributed by atoms with van der Waals surface area (Å²) in [4.78, 5) is 25.4. The predicted octanol–water partition coefficient (Wildman–Crippen LogP) is 2.50. The molecule has 1 aliphatic carbocycles. The molecule has 140 valence electrons. The zero-order valence-electron chi connectivity index (χ0n) is 14.8. The molecule has 2 aromatic rings. The SMILES string of the molecule is Cc1c(N2CCC(NC(=O)O)C2)c(F)cc2cc(C#N)c(=O)n(C3CC3)c12. The Kier molecular flexibility index (Phi) is 4.02. The van der Waals surface area contributed by atoms with Crippen LogP contribution in [0.25, 0.3) is 10.9 Å². The number of fused-ring (bicyclic) bond motifs is 1. The van der Waals surface area contributed by atoms with Crippen LogP contribution in [0.1, 0.15) is 36.4 Å². The van der Waals surface area contributed by atoms with Crippen LogP contribution in [0.3, 0.4) is 0 Å². The summed E-state index contributed by atoms with van der Waals surface area (Å²) in [6.45, 7) is 2.68. The highest BCUT2D eigenvalue weighted by molar-refractivity contribution is 5.89. The standard InChI is InChI=1S/C19H19FN4O3/c1-10-16-11(6-12(8-21)18(25)24(16)14-2-3-14)7-15(20)17(10)23-5-4-13(9-23)22-19(26)27/h6-7,13-14,22H,2-5,9H2,1H3,(H,26,27). The molecule has 4 rings (SSSR count). The minimum absolute atomic E-state index is 0.0212. The molecular formula is C19H19FN4O3. The van der Waals surface area contributed by atoms with Gasteiger partial charge in [0.15, 0.2) is 0 Å².